The molecule has 0 N–H and O–H groups in total. The molecule has 0 radical (unpaired) electrons. The highest BCUT2D eigenvalue weighted by atomic mass is 127. The molecule has 0 spiro atoms. The molecule has 0 bridgehead atoms. The van der Waals surface area contributed by atoms with Crippen LogP contribution in [-0.4, -0.2) is 4.57 Å². The fourth-order valence-corrected chi connectivity index (χ4v) is 2.13. The molecular formula is C14H11F2IN2. The Morgan fingerprint density at radius 2 is 1.79 bits per heavy atom. The molecular weight excluding hydrogens is 361 g/mol. The summed E-state index contributed by atoms with van der Waals surface area (Å²) in [5, 5.41) is 0. The van der Waals surface area contributed by atoms with Crippen LogP contribution in [0.3, 0.4) is 0 Å². The second-order valence-corrected chi connectivity index (χ2v) is 4.18. The van der Waals surface area contributed by atoms with Gasteiger partial charge in [0.1, 0.15) is 5.82 Å². The van der Waals surface area contributed by atoms with Gasteiger partial charge in [-0.15, -0.1) is 0 Å². The number of nitrogens with zero attached hydrogens (tertiary/aromatic N) is 2. The summed E-state index contributed by atoms with van der Waals surface area (Å²) in [5.41, 5.74) is 2.21. The summed E-state index contributed by atoms with van der Waals surface area (Å²) in [7, 11) is 1.89. The van der Waals surface area contributed by atoms with Crippen LogP contribution in [0.4, 0.5) is 8.78 Å². The lowest BCUT2D eigenvalue weighted by atomic mass is 10.2. The molecule has 0 unspecified atom stereocenters. The minimum absolute atomic E-state index is 0. The highest BCUT2D eigenvalue weighted by molar-refractivity contribution is 5.73. The number of halogens is 3. The molecule has 19 heavy (non-hydrogen) atoms. The highest BCUT2D eigenvalue weighted by Gasteiger charge is 2.17. The van der Waals surface area contributed by atoms with E-state index in [1.807, 2.05) is 35.9 Å². The van der Waals surface area contributed by atoms with Crippen molar-refractivity contribution in [3.05, 3.63) is 60.4 Å². The zero-order valence-corrected chi connectivity index (χ0v) is 12.3. The topological polar surface area (TPSA) is 8.81 Å². The SMILES string of the molecule is C[n+]1cn(-c2ccc(F)cc2F)c2ccccc21.[I-]. The van der Waals surface area contributed by atoms with Crippen molar-refractivity contribution in [3.63, 3.8) is 0 Å². The Kier molecular flexibility index (Phi) is 3.84. The molecule has 1 aromatic heterocycles. The van der Waals surface area contributed by atoms with Gasteiger partial charge < -0.3 is 24.0 Å². The average molecular weight is 372 g/mol. The van der Waals surface area contributed by atoms with E-state index in [-0.39, 0.29) is 24.0 Å². The number of para-hydroxylation sites is 2. The Bertz CT molecular complexity index is 737. The first-order valence-electron chi connectivity index (χ1n) is 5.58. The van der Waals surface area contributed by atoms with Crippen molar-refractivity contribution < 1.29 is 37.3 Å². The van der Waals surface area contributed by atoms with Gasteiger partial charge in [-0.2, -0.15) is 4.57 Å². The second-order valence-electron chi connectivity index (χ2n) is 4.18. The molecule has 0 amide bonds. The summed E-state index contributed by atoms with van der Waals surface area (Å²) in [5.74, 6) is -1.14. The fraction of sp³-hybridized carbons (Fsp3) is 0.0714. The van der Waals surface area contributed by atoms with Crippen LogP contribution in [0, 0.1) is 11.6 Å². The molecule has 2 aromatic carbocycles. The summed E-state index contributed by atoms with van der Waals surface area (Å²) in [6.07, 6.45) is 1.78. The lowest BCUT2D eigenvalue weighted by molar-refractivity contribution is -0.645. The van der Waals surface area contributed by atoms with Gasteiger partial charge in [0.05, 0.1) is 7.05 Å². The van der Waals surface area contributed by atoms with Crippen LogP contribution in [-0.2, 0) is 7.05 Å². The van der Waals surface area contributed by atoms with E-state index < -0.39 is 11.6 Å². The summed E-state index contributed by atoms with van der Waals surface area (Å²) in [4.78, 5) is 0. The van der Waals surface area contributed by atoms with Crippen LogP contribution >= 0.6 is 0 Å². The number of hydrogen-bond donors (Lipinski definition) is 0. The highest BCUT2D eigenvalue weighted by Crippen LogP contribution is 2.19. The Labute approximate surface area is 126 Å². The maximum Gasteiger partial charge on any atom is 0.249 e. The molecule has 3 rings (SSSR count). The first-order chi connectivity index (χ1) is 8.66. The first-order valence-corrected chi connectivity index (χ1v) is 5.58. The van der Waals surface area contributed by atoms with Gasteiger partial charge in [-0.3, -0.25) is 0 Å². The van der Waals surface area contributed by atoms with E-state index in [9.17, 15) is 8.78 Å². The minimum atomic E-state index is -0.573. The van der Waals surface area contributed by atoms with Gasteiger partial charge in [-0.05, 0) is 24.3 Å². The maximum absolute atomic E-state index is 13.8. The number of rotatable bonds is 1. The van der Waals surface area contributed by atoms with Crippen LogP contribution < -0.4 is 28.5 Å². The van der Waals surface area contributed by atoms with Crippen molar-refractivity contribution in [1.29, 1.82) is 0 Å². The lowest BCUT2D eigenvalue weighted by Gasteiger charge is -1.99. The van der Waals surface area contributed by atoms with E-state index in [0.717, 1.165) is 17.1 Å². The number of aromatic nitrogens is 2. The second kappa shape index (κ2) is 5.24. The summed E-state index contributed by atoms with van der Waals surface area (Å²) in [6.45, 7) is 0. The number of benzene rings is 2. The van der Waals surface area contributed by atoms with E-state index in [0.29, 0.717) is 5.69 Å². The Hall–Kier alpha value is -1.50. The standard InChI is InChI=1S/C14H11F2N2.HI/c1-17-9-18(14-5-3-2-4-13(14)17)12-7-6-10(15)8-11(12)16;/h2-9H,1H3;1H/q+1;/p-1. The van der Waals surface area contributed by atoms with Crippen molar-refractivity contribution in [3.8, 4) is 5.69 Å². The number of aryl methyl sites for hydroxylation is 1. The lowest BCUT2D eigenvalue weighted by Crippen LogP contribution is -3.00. The molecule has 3 aromatic rings. The Morgan fingerprint density at radius 3 is 2.53 bits per heavy atom. The third-order valence-electron chi connectivity index (χ3n) is 2.98. The van der Waals surface area contributed by atoms with Crippen LogP contribution in [0.2, 0.25) is 0 Å². The van der Waals surface area contributed by atoms with Gasteiger partial charge in [0.15, 0.2) is 22.5 Å². The molecule has 0 aliphatic rings. The summed E-state index contributed by atoms with van der Waals surface area (Å²) >= 11 is 0. The van der Waals surface area contributed by atoms with Crippen LogP contribution in [0.15, 0.2) is 48.8 Å². The zero-order valence-electron chi connectivity index (χ0n) is 10.1. The number of fused-ring (bicyclic) bond motifs is 1. The van der Waals surface area contributed by atoms with Crippen LogP contribution in [0.25, 0.3) is 16.7 Å². The molecule has 0 aliphatic heterocycles. The van der Waals surface area contributed by atoms with Crippen molar-refractivity contribution >= 4 is 11.0 Å². The van der Waals surface area contributed by atoms with Gasteiger partial charge >= 0.3 is 0 Å². The Balaban J connectivity index is 0.00000133. The number of imidazole rings is 1. The van der Waals surface area contributed by atoms with Crippen molar-refractivity contribution in [2.75, 3.05) is 0 Å². The van der Waals surface area contributed by atoms with Gasteiger partial charge in [-0.1, -0.05) is 12.1 Å². The normalized spacial score (nSPS) is 10.5. The van der Waals surface area contributed by atoms with Crippen molar-refractivity contribution in [2.24, 2.45) is 7.05 Å². The molecule has 5 heteroatoms. The van der Waals surface area contributed by atoms with E-state index >= 15 is 0 Å². The van der Waals surface area contributed by atoms with Gasteiger partial charge in [-0.25, -0.2) is 13.3 Å². The quantitative estimate of drug-likeness (QED) is 0.411. The van der Waals surface area contributed by atoms with E-state index in [1.165, 1.54) is 12.1 Å². The molecule has 0 fully saturated rings. The molecule has 0 atom stereocenters. The van der Waals surface area contributed by atoms with Gasteiger partial charge in [0.25, 0.3) is 0 Å². The maximum atomic E-state index is 13.8. The van der Waals surface area contributed by atoms with Gasteiger partial charge in [0.2, 0.25) is 6.33 Å². The van der Waals surface area contributed by atoms with E-state index in [4.69, 9.17) is 0 Å². The van der Waals surface area contributed by atoms with Crippen LogP contribution in [0.1, 0.15) is 0 Å². The molecule has 0 saturated heterocycles. The molecule has 0 aliphatic carbocycles. The third kappa shape index (κ3) is 2.34. The van der Waals surface area contributed by atoms with E-state index in [1.54, 1.807) is 10.9 Å². The van der Waals surface area contributed by atoms with Crippen molar-refractivity contribution in [2.45, 2.75) is 0 Å². The zero-order chi connectivity index (χ0) is 12.7. The van der Waals surface area contributed by atoms with Crippen LogP contribution in [0.5, 0.6) is 0 Å². The predicted octanol–water partition coefficient (Wildman–Crippen LogP) is -0.263. The predicted molar refractivity (Wildman–Crippen MR) is 64.4 cm³/mol. The summed E-state index contributed by atoms with van der Waals surface area (Å²) in [6, 6.07) is 11.3. The smallest absolute Gasteiger partial charge is 0.249 e. The number of hydrogen-bond acceptors (Lipinski definition) is 0. The monoisotopic (exact) mass is 372 g/mol. The first kappa shape index (κ1) is 13.9. The largest absolute Gasteiger partial charge is 1.00 e. The fourth-order valence-electron chi connectivity index (χ4n) is 2.13. The van der Waals surface area contributed by atoms with Crippen molar-refractivity contribution in [1.82, 2.24) is 4.57 Å². The average Bonchev–Trinajstić information content (AvgIpc) is 2.68. The molecule has 1 heterocycles. The van der Waals surface area contributed by atoms with E-state index in [2.05, 4.69) is 0 Å². The minimum Gasteiger partial charge on any atom is -1.00 e. The Morgan fingerprint density at radius 1 is 1.05 bits per heavy atom. The summed E-state index contributed by atoms with van der Waals surface area (Å²) < 4.78 is 30.3. The van der Waals surface area contributed by atoms with Gasteiger partial charge in [0, 0.05) is 6.07 Å². The third-order valence-corrected chi connectivity index (χ3v) is 2.98. The molecule has 98 valence electrons. The molecule has 0 saturated carbocycles. The molecule has 2 nitrogen and oxygen atoms in total.